The van der Waals surface area contributed by atoms with Crippen LogP contribution in [-0.2, 0) is 38.1 Å². The van der Waals surface area contributed by atoms with Gasteiger partial charge >= 0.3 is 23.9 Å². The summed E-state index contributed by atoms with van der Waals surface area (Å²) < 4.78 is 27.3. The lowest BCUT2D eigenvalue weighted by atomic mass is 9.44. The van der Waals surface area contributed by atoms with E-state index in [0.717, 1.165) is 5.56 Å². The van der Waals surface area contributed by atoms with Gasteiger partial charge in [-0.25, -0.2) is 4.79 Å². The maximum atomic E-state index is 13.3. The van der Waals surface area contributed by atoms with E-state index in [1.54, 1.807) is 18.4 Å². The number of hydrogen-bond acceptors (Lipinski definition) is 9. The van der Waals surface area contributed by atoms with Gasteiger partial charge in [-0.2, -0.15) is 0 Å². The quantitative estimate of drug-likeness (QED) is 0.478. The van der Waals surface area contributed by atoms with Crippen LogP contribution in [0, 0.1) is 22.7 Å². The number of fused-ring (bicyclic) bond motifs is 3. The van der Waals surface area contributed by atoms with Gasteiger partial charge in [0.2, 0.25) is 0 Å². The lowest BCUT2D eigenvalue weighted by molar-refractivity contribution is -0.216. The smallest absolute Gasteiger partial charge is 0.334 e. The van der Waals surface area contributed by atoms with E-state index in [4.69, 9.17) is 23.4 Å². The molecular formula is C25H30O9. The third-order valence-electron chi connectivity index (χ3n) is 7.95. The van der Waals surface area contributed by atoms with E-state index in [2.05, 4.69) is 0 Å². The minimum absolute atomic E-state index is 0.201. The van der Waals surface area contributed by atoms with Gasteiger partial charge in [0, 0.05) is 30.4 Å². The number of cyclic esters (lactones) is 1. The Morgan fingerprint density at radius 3 is 2.38 bits per heavy atom. The molecule has 0 N–H and O–H groups in total. The van der Waals surface area contributed by atoms with Gasteiger partial charge in [-0.1, -0.05) is 13.8 Å². The summed E-state index contributed by atoms with van der Waals surface area (Å²) in [5, 5.41) is 0. The first-order valence-electron chi connectivity index (χ1n) is 11.4. The van der Waals surface area contributed by atoms with Gasteiger partial charge in [0.25, 0.3) is 0 Å². The Morgan fingerprint density at radius 2 is 1.79 bits per heavy atom. The lowest BCUT2D eigenvalue weighted by Gasteiger charge is -2.61. The number of hydrogen-bond donors (Lipinski definition) is 0. The second-order valence-corrected chi connectivity index (χ2v) is 9.87. The maximum absolute atomic E-state index is 13.3. The number of rotatable bonds is 4. The average Bonchev–Trinajstić information content (AvgIpc) is 3.29. The van der Waals surface area contributed by atoms with Crippen LogP contribution >= 0.6 is 0 Å². The fourth-order valence-electron chi connectivity index (χ4n) is 6.44. The predicted molar refractivity (Wildman–Crippen MR) is 116 cm³/mol. The monoisotopic (exact) mass is 474 g/mol. The molecule has 2 fully saturated rings. The van der Waals surface area contributed by atoms with Crippen LogP contribution in [0.25, 0.3) is 0 Å². The van der Waals surface area contributed by atoms with Crippen LogP contribution in [0.3, 0.4) is 0 Å². The van der Waals surface area contributed by atoms with Crippen molar-refractivity contribution in [2.45, 2.75) is 65.3 Å². The SMILES string of the molecule is COC(=O)C1=C[C@H](OC(C)=O)C[C@H]2[C@]3(C)C[C@@H](c4ccoc4)OC(=O)[C@H]3C[C@H](OC(C)=O)[C@@]12C. The third kappa shape index (κ3) is 3.80. The molecule has 2 heterocycles. The van der Waals surface area contributed by atoms with E-state index in [0.29, 0.717) is 12.8 Å². The molecule has 184 valence electrons. The zero-order valence-electron chi connectivity index (χ0n) is 20.0. The van der Waals surface area contributed by atoms with E-state index in [9.17, 15) is 19.2 Å². The first-order chi connectivity index (χ1) is 16.0. The minimum atomic E-state index is -0.973. The largest absolute Gasteiger partial charge is 0.472 e. The summed E-state index contributed by atoms with van der Waals surface area (Å²) in [6.45, 7) is 6.47. The molecule has 0 unspecified atom stereocenters. The number of carbonyl (C=O) groups is 4. The fourth-order valence-corrected chi connectivity index (χ4v) is 6.44. The van der Waals surface area contributed by atoms with Crippen molar-refractivity contribution in [2.75, 3.05) is 7.11 Å². The van der Waals surface area contributed by atoms with Crippen molar-refractivity contribution in [3.8, 4) is 0 Å². The van der Waals surface area contributed by atoms with E-state index in [-0.39, 0.29) is 17.9 Å². The number of carbonyl (C=O) groups excluding carboxylic acids is 4. The van der Waals surface area contributed by atoms with Crippen molar-refractivity contribution in [1.29, 1.82) is 0 Å². The fraction of sp³-hybridized carbons (Fsp3) is 0.600. The molecule has 9 heteroatoms. The zero-order valence-corrected chi connectivity index (χ0v) is 20.0. The summed E-state index contributed by atoms with van der Waals surface area (Å²) >= 11 is 0. The molecule has 0 radical (unpaired) electrons. The van der Waals surface area contributed by atoms with E-state index >= 15 is 0 Å². The Labute approximate surface area is 197 Å². The zero-order chi connectivity index (χ0) is 24.8. The Bertz CT molecular complexity index is 1030. The summed E-state index contributed by atoms with van der Waals surface area (Å²) in [4.78, 5) is 50.2. The third-order valence-corrected chi connectivity index (χ3v) is 7.95. The van der Waals surface area contributed by atoms with Crippen LogP contribution in [0.2, 0.25) is 0 Å². The molecule has 1 saturated carbocycles. The molecule has 2 aliphatic carbocycles. The molecule has 1 saturated heterocycles. The molecule has 34 heavy (non-hydrogen) atoms. The average molecular weight is 475 g/mol. The van der Waals surface area contributed by atoms with Crippen molar-refractivity contribution < 1.29 is 42.5 Å². The Hall–Kier alpha value is -3.10. The second-order valence-electron chi connectivity index (χ2n) is 9.87. The van der Waals surface area contributed by atoms with Crippen LogP contribution in [0.1, 0.15) is 58.6 Å². The number of methoxy groups -OCH3 is 1. The molecule has 9 nitrogen and oxygen atoms in total. The van der Waals surface area contributed by atoms with Gasteiger partial charge in [-0.05, 0) is 42.7 Å². The lowest BCUT2D eigenvalue weighted by Crippen LogP contribution is -2.63. The van der Waals surface area contributed by atoms with E-state index in [1.165, 1.54) is 27.2 Å². The molecule has 1 aliphatic heterocycles. The van der Waals surface area contributed by atoms with Crippen LogP contribution in [0.5, 0.6) is 0 Å². The number of furan rings is 1. The number of esters is 4. The summed E-state index contributed by atoms with van der Waals surface area (Å²) in [7, 11) is 1.28. The second kappa shape index (κ2) is 8.60. The molecule has 0 bridgehead atoms. The van der Waals surface area contributed by atoms with Gasteiger partial charge in [-0.3, -0.25) is 14.4 Å². The predicted octanol–water partition coefficient (Wildman–Crippen LogP) is 3.28. The first kappa shape index (κ1) is 24.0. The first-order valence-corrected chi connectivity index (χ1v) is 11.4. The van der Waals surface area contributed by atoms with Gasteiger partial charge in [-0.15, -0.1) is 0 Å². The number of ether oxygens (including phenoxy) is 4. The van der Waals surface area contributed by atoms with Crippen molar-refractivity contribution >= 4 is 23.9 Å². The summed E-state index contributed by atoms with van der Waals surface area (Å²) in [5.41, 5.74) is -0.608. The molecule has 1 aromatic rings. The maximum Gasteiger partial charge on any atom is 0.334 e. The van der Waals surface area contributed by atoms with Crippen LogP contribution in [-0.4, -0.2) is 43.2 Å². The summed E-state index contributed by atoms with van der Waals surface area (Å²) in [6, 6.07) is 1.76. The Morgan fingerprint density at radius 1 is 1.09 bits per heavy atom. The van der Waals surface area contributed by atoms with Crippen molar-refractivity contribution in [2.24, 2.45) is 22.7 Å². The van der Waals surface area contributed by atoms with Crippen LogP contribution in [0.15, 0.2) is 34.7 Å². The molecule has 3 aliphatic rings. The van der Waals surface area contributed by atoms with Gasteiger partial charge in [0.05, 0.1) is 25.6 Å². The van der Waals surface area contributed by atoms with Crippen molar-refractivity contribution in [3.05, 3.63) is 35.8 Å². The Kier molecular flexibility index (Phi) is 6.08. The van der Waals surface area contributed by atoms with Gasteiger partial charge in [0.1, 0.15) is 18.3 Å². The molecular weight excluding hydrogens is 444 g/mol. The molecule has 0 aromatic carbocycles. The highest BCUT2D eigenvalue weighted by Gasteiger charge is 2.67. The van der Waals surface area contributed by atoms with E-state index < -0.39 is 58.9 Å². The van der Waals surface area contributed by atoms with Gasteiger partial charge < -0.3 is 23.4 Å². The molecule has 0 spiro atoms. The standard InChI is InChI=1S/C25H30O9/c1-13(26)32-16-8-18(22(28)30-5)25(4)20(9-16)24(3)11-19(15-6-7-31-12-15)34-23(29)17(24)10-21(25)33-14(2)27/h6-8,12,16-17,19-21H,9-11H2,1-5H3/t16-,17+,19-,20-,21-,24+,25-/m0/s1. The highest BCUT2D eigenvalue weighted by atomic mass is 16.6. The van der Waals surface area contributed by atoms with Gasteiger partial charge in [0.15, 0.2) is 0 Å². The topological polar surface area (TPSA) is 118 Å². The van der Waals surface area contributed by atoms with Crippen molar-refractivity contribution in [3.63, 3.8) is 0 Å². The normalized spacial score (nSPS) is 36.8. The molecule has 7 atom stereocenters. The molecule has 1 aromatic heterocycles. The van der Waals surface area contributed by atoms with Crippen molar-refractivity contribution in [1.82, 2.24) is 0 Å². The van der Waals surface area contributed by atoms with Crippen LogP contribution < -0.4 is 0 Å². The van der Waals surface area contributed by atoms with E-state index in [1.807, 2.05) is 13.8 Å². The summed E-state index contributed by atoms with van der Waals surface area (Å²) in [6.07, 6.45) is 3.71. The van der Waals surface area contributed by atoms with Crippen LogP contribution in [0.4, 0.5) is 0 Å². The molecule has 4 rings (SSSR count). The summed E-state index contributed by atoms with van der Waals surface area (Å²) in [5.74, 6) is -2.92. The minimum Gasteiger partial charge on any atom is -0.472 e. The highest BCUT2D eigenvalue weighted by molar-refractivity contribution is 5.91. The highest BCUT2D eigenvalue weighted by Crippen LogP contribution is 2.65. The molecule has 0 amide bonds. The Balaban J connectivity index is 1.86.